The third kappa shape index (κ3) is 2.96. The molecule has 0 aromatic heterocycles. The normalized spacial score (nSPS) is 8.85. The fourth-order valence-electron chi connectivity index (χ4n) is 0.778. The molecule has 0 aliphatic carbocycles. The number of rotatable bonds is 2. The van der Waals surface area contributed by atoms with Gasteiger partial charge in [-0.05, 0) is 25.1 Å². The van der Waals surface area contributed by atoms with Crippen LogP contribution in [-0.4, -0.2) is 6.61 Å². The average molecular weight is 199 g/mol. The van der Waals surface area contributed by atoms with E-state index in [1.807, 2.05) is 0 Å². The van der Waals surface area contributed by atoms with Crippen molar-refractivity contribution in [2.75, 3.05) is 6.61 Å². The van der Waals surface area contributed by atoms with Crippen LogP contribution < -0.4 is 4.74 Å². The Kier molecular flexibility index (Phi) is 3.60. The maximum Gasteiger partial charge on any atom is 0.166 e. The summed E-state index contributed by atoms with van der Waals surface area (Å²) in [6.45, 7) is 1.89. The van der Waals surface area contributed by atoms with Gasteiger partial charge in [-0.25, -0.2) is 4.39 Å². The van der Waals surface area contributed by atoms with E-state index in [-0.39, 0.29) is 12.4 Å². The Morgan fingerprint density at radius 1 is 1.54 bits per heavy atom. The first-order valence-corrected chi connectivity index (χ1v) is 4.09. The molecule has 0 aliphatic heterocycles. The van der Waals surface area contributed by atoms with Crippen LogP contribution in [0.5, 0.6) is 5.75 Å². The minimum atomic E-state index is -0.467. The molecule has 0 unspecified atom stereocenters. The molecule has 0 bridgehead atoms. The Labute approximate surface area is 81.5 Å². The van der Waals surface area contributed by atoms with Crippen molar-refractivity contribution in [2.24, 2.45) is 0 Å². The fourth-order valence-corrected chi connectivity index (χ4v) is 0.937. The van der Waals surface area contributed by atoms with Crippen LogP contribution in [-0.2, 0) is 0 Å². The van der Waals surface area contributed by atoms with Crippen molar-refractivity contribution in [2.45, 2.75) is 6.92 Å². The summed E-state index contributed by atoms with van der Waals surface area (Å²) in [4.78, 5) is 0. The monoisotopic (exact) mass is 198 g/mol. The summed E-state index contributed by atoms with van der Waals surface area (Å²) < 4.78 is 18.0. The van der Waals surface area contributed by atoms with Gasteiger partial charge < -0.3 is 4.74 Å². The van der Waals surface area contributed by atoms with E-state index in [1.54, 1.807) is 13.0 Å². The summed E-state index contributed by atoms with van der Waals surface area (Å²) >= 11 is 5.55. The van der Waals surface area contributed by atoms with E-state index < -0.39 is 5.82 Å². The van der Waals surface area contributed by atoms with Crippen molar-refractivity contribution in [3.8, 4) is 17.6 Å². The van der Waals surface area contributed by atoms with Crippen LogP contribution >= 0.6 is 11.6 Å². The predicted octanol–water partition coefficient (Wildman–Crippen LogP) is 2.88. The lowest BCUT2D eigenvalue weighted by Crippen LogP contribution is -1.95. The molecule has 0 amide bonds. The smallest absolute Gasteiger partial charge is 0.166 e. The third-order valence-corrected chi connectivity index (χ3v) is 1.61. The highest BCUT2D eigenvalue weighted by molar-refractivity contribution is 6.30. The van der Waals surface area contributed by atoms with E-state index in [0.29, 0.717) is 5.02 Å². The lowest BCUT2D eigenvalue weighted by Gasteiger charge is -2.02. The average Bonchev–Trinajstić information content (AvgIpc) is 2.09. The zero-order chi connectivity index (χ0) is 9.68. The van der Waals surface area contributed by atoms with Gasteiger partial charge in [0, 0.05) is 5.02 Å². The summed E-state index contributed by atoms with van der Waals surface area (Å²) in [6.07, 6.45) is 0. The second-order valence-electron chi connectivity index (χ2n) is 2.29. The zero-order valence-corrected chi connectivity index (χ0v) is 7.86. The molecule has 0 atom stereocenters. The van der Waals surface area contributed by atoms with Gasteiger partial charge in [0.25, 0.3) is 0 Å². The Balaban J connectivity index is 2.70. The predicted molar refractivity (Wildman–Crippen MR) is 50.4 cm³/mol. The summed E-state index contributed by atoms with van der Waals surface area (Å²) in [5, 5.41) is 0.353. The van der Waals surface area contributed by atoms with Crippen LogP contribution in [0.1, 0.15) is 6.92 Å². The van der Waals surface area contributed by atoms with Crippen LogP contribution in [0.15, 0.2) is 18.2 Å². The van der Waals surface area contributed by atoms with E-state index >= 15 is 0 Å². The Morgan fingerprint density at radius 2 is 2.31 bits per heavy atom. The molecular formula is C10H8ClFO. The number of hydrogen-bond acceptors (Lipinski definition) is 1. The highest BCUT2D eigenvalue weighted by atomic mass is 35.5. The number of halogens is 2. The minimum Gasteiger partial charge on any atom is -0.478 e. The van der Waals surface area contributed by atoms with E-state index in [0.717, 1.165) is 0 Å². The molecule has 1 aromatic rings. The Bertz CT molecular complexity index is 352. The standard InChI is InChI=1S/C10H8ClFO/c1-2-3-6-13-10-5-4-8(11)7-9(10)12/h4-5,7H,6H2,1H3. The topological polar surface area (TPSA) is 9.23 Å². The molecule has 13 heavy (non-hydrogen) atoms. The van der Waals surface area contributed by atoms with Gasteiger partial charge in [-0.2, -0.15) is 0 Å². The molecular weight excluding hydrogens is 191 g/mol. The second kappa shape index (κ2) is 4.74. The minimum absolute atomic E-state index is 0.173. The summed E-state index contributed by atoms with van der Waals surface area (Å²) in [5.41, 5.74) is 0. The number of benzene rings is 1. The van der Waals surface area contributed by atoms with Gasteiger partial charge in [-0.3, -0.25) is 0 Å². The quantitative estimate of drug-likeness (QED) is 0.664. The number of hydrogen-bond donors (Lipinski definition) is 0. The highest BCUT2D eigenvalue weighted by Gasteiger charge is 2.02. The molecule has 1 nitrogen and oxygen atoms in total. The van der Waals surface area contributed by atoms with Gasteiger partial charge in [-0.15, -0.1) is 5.92 Å². The summed E-state index contributed by atoms with van der Waals surface area (Å²) in [6, 6.07) is 4.25. The van der Waals surface area contributed by atoms with Gasteiger partial charge in [0.15, 0.2) is 11.6 Å². The molecule has 1 rings (SSSR count). The third-order valence-electron chi connectivity index (χ3n) is 1.37. The molecule has 0 saturated carbocycles. The SMILES string of the molecule is CC#CCOc1ccc(Cl)cc1F. The molecule has 3 heteroatoms. The lowest BCUT2D eigenvalue weighted by atomic mass is 10.3. The van der Waals surface area contributed by atoms with Crippen LogP contribution in [0, 0.1) is 17.7 Å². The molecule has 68 valence electrons. The molecule has 0 aliphatic rings. The van der Waals surface area contributed by atoms with E-state index in [4.69, 9.17) is 16.3 Å². The first-order valence-electron chi connectivity index (χ1n) is 3.71. The van der Waals surface area contributed by atoms with Gasteiger partial charge in [0.1, 0.15) is 6.61 Å². The second-order valence-corrected chi connectivity index (χ2v) is 2.73. The van der Waals surface area contributed by atoms with Crippen LogP contribution in [0.4, 0.5) is 4.39 Å². The molecule has 0 fully saturated rings. The van der Waals surface area contributed by atoms with E-state index in [2.05, 4.69) is 11.8 Å². The molecule has 0 spiro atoms. The van der Waals surface area contributed by atoms with Gasteiger partial charge >= 0.3 is 0 Å². The van der Waals surface area contributed by atoms with E-state index in [9.17, 15) is 4.39 Å². The largest absolute Gasteiger partial charge is 0.478 e. The Hall–Kier alpha value is -1.20. The Morgan fingerprint density at radius 3 is 2.92 bits per heavy atom. The van der Waals surface area contributed by atoms with Gasteiger partial charge in [-0.1, -0.05) is 17.5 Å². The van der Waals surface area contributed by atoms with E-state index in [1.165, 1.54) is 12.1 Å². The van der Waals surface area contributed by atoms with Crippen molar-refractivity contribution in [3.63, 3.8) is 0 Å². The molecule has 0 heterocycles. The first-order chi connectivity index (χ1) is 6.24. The van der Waals surface area contributed by atoms with Crippen LogP contribution in [0.2, 0.25) is 5.02 Å². The van der Waals surface area contributed by atoms with Gasteiger partial charge in [0.05, 0.1) is 0 Å². The van der Waals surface area contributed by atoms with Crippen molar-refractivity contribution >= 4 is 11.6 Å². The molecule has 1 aromatic carbocycles. The van der Waals surface area contributed by atoms with Crippen molar-refractivity contribution in [1.29, 1.82) is 0 Å². The van der Waals surface area contributed by atoms with Crippen molar-refractivity contribution in [3.05, 3.63) is 29.0 Å². The van der Waals surface area contributed by atoms with Crippen molar-refractivity contribution in [1.82, 2.24) is 0 Å². The zero-order valence-electron chi connectivity index (χ0n) is 7.10. The van der Waals surface area contributed by atoms with Crippen molar-refractivity contribution < 1.29 is 9.13 Å². The maximum atomic E-state index is 13.0. The lowest BCUT2D eigenvalue weighted by molar-refractivity contribution is 0.348. The highest BCUT2D eigenvalue weighted by Crippen LogP contribution is 2.20. The molecule has 0 radical (unpaired) electrons. The fraction of sp³-hybridized carbons (Fsp3) is 0.200. The first kappa shape index (κ1) is 9.88. The van der Waals surface area contributed by atoms with Crippen LogP contribution in [0.25, 0.3) is 0 Å². The molecule has 0 N–H and O–H groups in total. The molecule has 0 saturated heterocycles. The summed E-state index contributed by atoms with van der Waals surface area (Å²) in [7, 11) is 0. The van der Waals surface area contributed by atoms with Crippen LogP contribution in [0.3, 0.4) is 0 Å². The van der Waals surface area contributed by atoms with Gasteiger partial charge in [0.2, 0.25) is 0 Å². The summed E-state index contributed by atoms with van der Waals surface area (Å²) in [5.74, 6) is 5.02. The maximum absolute atomic E-state index is 13.0. The number of ether oxygens (including phenoxy) is 1.